The van der Waals surface area contributed by atoms with Crippen molar-refractivity contribution in [1.29, 1.82) is 0 Å². The van der Waals surface area contributed by atoms with Crippen LogP contribution in [0.25, 0.3) is 0 Å². The van der Waals surface area contributed by atoms with E-state index in [-0.39, 0.29) is 36.0 Å². The molecule has 29 heavy (non-hydrogen) atoms. The maximum Gasteiger partial charge on any atom is 0.227 e. The highest BCUT2D eigenvalue weighted by atomic mass is 19.1. The molecule has 2 amide bonds. The fourth-order valence-electron chi connectivity index (χ4n) is 3.67. The molecule has 1 aliphatic carbocycles. The number of carbonyl (C=O) groups excluding carboxylic acids is 2. The van der Waals surface area contributed by atoms with Crippen LogP contribution in [0.15, 0.2) is 48.5 Å². The smallest absolute Gasteiger partial charge is 0.227 e. The number of hydrogen-bond acceptors (Lipinski definition) is 3. The fourth-order valence-corrected chi connectivity index (χ4v) is 3.67. The largest absolute Gasteiger partial charge is 0.492 e. The van der Waals surface area contributed by atoms with Crippen molar-refractivity contribution in [2.75, 3.05) is 11.9 Å². The van der Waals surface area contributed by atoms with Gasteiger partial charge in [-0.25, -0.2) is 4.39 Å². The number of nitrogens with one attached hydrogen (secondary N) is 2. The van der Waals surface area contributed by atoms with Crippen LogP contribution in [-0.2, 0) is 16.1 Å². The van der Waals surface area contributed by atoms with Crippen molar-refractivity contribution < 1.29 is 18.7 Å². The molecule has 0 spiro atoms. The summed E-state index contributed by atoms with van der Waals surface area (Å²) in [6.45, 7) is 2.61. The Labute approximate surface area is 170 Å². The zero-order valence-electron chi connectivity index (χ0n) is 16.6. The predicted octanol–water partition coefficient (Wildman–Crippen LogP) is 4.29. The summed E-state index contributed by atoms with van der Waals surface area (Å²) in [5, 5.41) is 5.77. The van der Waals surface area contributed by atoms with Gasteiger partial charge in [-0.2, -0.15) is 0 Å². The Balaban J connectivity index is 1.48. The number of amides is 2. The number of benzene rings is 2. The third-order valence-electron chi connectivity index (χ3n) is 5.32. The summed E-state index contributed by atoms with van der Waals surface area (Å²) in [5.41, 5.74) is 1.14. The molecule has 0 atom stereocenters. The number of ether oxygens (including phenoxy) is 1. The van der Waals surface area contributed by atoms with Crippen LogP contribution in [0.5, 0.6) is 5.75 Å². The standard InChI is InChI=1S/C23H27FN2O3/c1-2-29-21-10-6-5-9-20(21)26-23(28)17-13-11-16(12-14-17)22(27)25-15-18-7-3-4-8-19(18)24/h3-10,16-17H,2,11-15H2,1H3,(H,25,27)(H,26,28). The van der Waals surface area contributed by atoms with E-state index in [1.54, 1.807) is 18.2 Å². The van der Waals surface area contributed by atoms with Crippen LogP contribution in [0, 0.1) is 17.7 Å². The molecule has 154 valence electrons. The number of halogens is 1. The van der Waals surface area contributed by atoms with E-state index in [9.17, 15) is 14.0 Å². The summed E-state index contributed by atoms with van der Waals surface area (Å²) in [7, 11) is 0. The van der Waals surface area contributed by atoms with Gasteiger partial charge in [-0.1, -0.05) is 30.3 Å². The van der Waals surface area contributed by atoms with Crippen LogP contribution < -0.4 is 15.4 Å². The average molecular weight is 398 g/mol. The molecular weight excluding hydrogens is 371 g/mol. The molecule has 3 rings (SSSR count). The molecule has 6 heteroatoms. The van der Waals surface area contributed by atoms with Crippen LogP contribution in [0.3, 0.4) is 0 Å². The third-order valence-corrected chi connectivity index (χ3v) is 5.32. The Morgan fingerprint density at radius 1 is 0.966 bits per heavy atom. The van der Waals surface area contributed by atoms with E-state index in [0.29, 0.717) is 49.3 Å². The molecular formula is C23H27FN2O3. The van der Waals surface area contributed by atoms with Crippen LogP contribution in [0.1, 0.15) is 38.2 Å². The summed E-state index contributed by atoms with van der Waals surface area (Å²) in [6.07, 6.45) is 2.60. The SMILES string of the molecule is CCOc1ccccc1NC(=O)C1CCC(C(=O)NCc2ccccc2F)CC1. The van der Waals surface area contributed by atoms with E-state index in [1.165, 1.54) is 6.07 Å². The zero-order valence-corrected chi connectivity index (χ0v) is 16.6. The first-order chi connectivity index (χ1) is 14.1. The van der Waals surface area contributed by atoms with Crippen LogP contribution in [0.2, 0.25) is 0 Å². The highest BCUT2D eigenvalue weighted by Gasteiger charge is 2.30. The van der Waals surface area contributed by atoms with Gasteiger partial charge in [0.2, 0.25) is 11.8 Å². The second-order valence-electron chi connectivity index (χ2n) is 7.28. The second-order valence-corrected chi connectivity index (χ2v) is 7.28. The molecule has 1 fully saturated rings. The predicted molar refractivity (Wildman–Crippen MR) is 110 cm³/mol. The average Bonchev–Trinajstić information content (AvgIpc) is 2.74. The minimum absolute atomic E-state index is 0.0395. The van der Waals surface area contributed by atoms with Gasteiger partial charge in [-0.3, -0.25) is 9.59 Å². The number of carbonyl (C=O) groups is 2. The maximum absolute atomic E-state index is 13.7. The monoisotopic (exact) mass is 398 g/mol. The number of para-hydroxylation sites is 2. The quantitative estimate of drug-likeness (QED) is 0.731. The fraction of sp³-hybridized carbons (Fsp3) is 0.391. The Morgan fingerprint density at radius 2 is 1.59 bits per heavy atom. The van der Waals surface area contributed by atoms with Crippen LogP contribution in [0.4, 0.5) is 10.1 Å². The summed E-state index contributed by atoms with van der Waals surface area (Å²) in [6, 6.07) is 13.8. The van der Waals surface area contributed by atoms with Crippen LogP contribution >= 0.6 is 0 Å². The highest BCUT2D eigenvalue weighted by molar-refractivity contribution is 5.94. The summed E-state index contributed by atoms with van der Waals surface area (Å²) < 4.78 is 19.2. The number of rotatable bonds is 7. The topological polar surface area (TPSA) is 67.4 Å². The molecule has 0 aromatic heterocycles. The third kappa shape index (κ3) is 5.56. The first-order valence-electron chi connectivity index (χ1n) is 10.1. The van der Waals surface area contributed by atoms with E-state index in [4.69, 9.17) is 4.74 Å². The lowest BCUT2D eigenvalue weighted by atomic mass is 9.81. The van der Waals surface area contributed by atoms with Gasteiger partial charge in [0.1, 0.15) is 11.6 Å². The van der Waals surface area contributed by atoms with Gasteiger partial charge < -0.3 is 15.4 Å². The van der Waals surface area contributed by atoms with E-state index in [1.807, 2.05) is 31.2 Å². The lowest BCUT2D eigenvalue weighted by Gasteiger charge is -2.27. The minimum atomic E-state index is -0.319. The molecule has 2 N–H and O–H groups in total. The number of hydrogen-bond donors (Lipinski definition) is 2. The maximum atomic E-state index is 13.7. The van der Waals surface area contributed by atoms with Gasteiger partial charge in [0.25, 0.3) is 0 Å². The molecule has 0 heterocycles. The Hall–Kier alpha value is -2.89. The Bertz CT molecular complexity index is 848. The van der Waals surface area contributed by atoms with E-state index >= 15 is 0 Å². The first-order valence-corrected chi connectivity index (χ1v) is 10.1. The normalized spacial score (nSPS) is 18.7. The Morgan fingerprint density at radius 3 is 2.28 bits per heavy atom. The van der Waals surface area contributed by atoms with E-state index in [0.717, 1.165) is 0 Å². The molecule has 0 unspecified atom stereocenters. The molecule has 0 bridgehead atoms. The van der Waals surface area contributed by atoms with E-state index in [2.05, 4.69) is 10.6 Å². The van der Waals surface area contributed by atoms with Gasteiger partial charge in [0, 0.05) is 23.9 Å². The van der Waals surface area contributed by atoms with Crippen molar-refractivity contribution in [3.63, 3.8) is 0 Å². The van der Waals surface area contributed by atoms with Crippen LogP contribution in [-0.4, -0.2) is 18.4 Å². The van der Waals surface area contributed by atoms with Gasteiger partial charge in [0.05, 0.1) is 12.3 Å². The molecule has 5 nitrogen and oxygen atoms in total. The molecule has 1 saturated carbocycles. The molecule has 0 radical (unpaired) electrons. The highest BCUT2D eigenvalue weighted by Crippen LogP contribution is 2.31. The summed E-state index contributed by atoms with van der Waals surface area (Å²) >= 11 is 0. The minimum Gasteiger partial charge on any atom is -0.492 e. The van der Waals surface area contributed by atoms with Crippen molar-refractivity contribution in [2.24, 2.45) is 11.8 Å². The van der Waals surface area contributed by atoms with Crippen molar-refractivity contribution in [1.82, 2.24) is 5.32 Å². The number of anilines is 1. The van der Waals surface area contributed by atoms with Crippen molar-refractivity contribution in [3.05, 3.63) is 59.9 Å². The molecule has 1 aliphatic rings. The first kappa shape index (κ1) is 20.8. The lowest BCUT2D eigenvalue weighted by molar-refractivity contribution is -0.128. The van der Waals surface area contributed by atoms with Crippen molar-refractivity contribution in [2.45, 2.75) is 39.2 Å². The molecule has 0 aliphatic heterocycles. The van der Waals surface area contributed by atoms with E-state index < -0.39 is 0 Å². The van der Waals surface area contributed by atoms with Gasteiger partial charge >= 0.3 is 0 Å². The van der Waals surface area contributed by atoms with Gasteiger partial charge in [-0.15, -0.1) is 0 Å². The lowest BCUT2D eigenvalue weighted by Crippen LogP contribution is -2.35. The molecule has 2 aromatic carbocycles. The van der Waals surface area contributed by atoms with Crippen molar-refractivity contribution in [3.8, 4) is 5.75 Å². The summed E-state index contributed by atoms with van der Waals surface area (Å²) in [5.74, 6) is -0.0388. The Kier molecular flexibility index (Phi) is 7.22. The zero-order chi connectivity index (χ0) is 20.6. The summed E-state index contributed by atoms with van der Waals surface area (Å²) in [4.78, 5) is 25.1. The second kappa shape index (κ2) is 10.0. The van der Waals surface area contributed by atoms with Gasteiger partial charge in [0.15, 0.2) is 0 Å². The van der Waals surface area contributed by atoms with Gasteiger partial charge in [-0.05, 0) is 50.8 Å². The van der Waals surface area contributed by atoms with Crippen molar-refractivity contribution >= 4 is 17.5 Å². The molecule has 2 aromatic rings. The molecule has 0 saturated heterocycles.